The SMILES string of the molecule is CCN(CC)S(=O)(=O)c1cc(C(=O)NCc2cccc(NC(=O)c3ccco3)c2)ccc1Cl. The number of carbonyl (C=O) groups is 2. The van der Waals surface area contributed by atoms with Crippen LogP contribution in [-0.4, -0.2) is 37.6 Å². The van der Waals surface area contributed by atoms with Gasteiger partial charge in [0.15, 0.2) is 5.76 Å². The van der Waals surface area contributed by atoms with Gasteiger partial charge < -0.3 is 15.1 Å². The maximum absolute atomic E-state index is 12.8. The molecule has 0 saturated carbocycles. The minimum absolute atomic E-state index is 0.0541. The van der Waals surface area contributed by atoms with Crippen LogP contribution in [0, 0.1) is 0 Å². The second kappa shape index (κ2) is 10.7. The number of furan rings is 1. The first-order chi connectivity index (χ1) is 15.8. The molecule has 0 aliphatic heterocycles. The van der Waals surface area contributed by atoms with Gasteiger partial charge in [0.05, 0.1) is 11.3 Å². The molecule has 8 nitrogen and oxygen atoms in total. The Morgan fingerprint density at radius 2 is 1.76 bits per heavy atom. The molecule has 3 aromatic rings. The summed E-state index contributed by atoms with van der Waals surface area (Å²) in [6.07, 6.45) is 1.41. The summed E-state index contributed by atoms with van der Waals surface area (Å²) in [6, 6.07) is 14.3. The van der Waals surface area contributed by atoms with Gasteiger partial charge in [-0.2, -0.15) is 4.31 Å². The third kappa shape index (κ3) is 5.81. The van der Waals surface area contributed by atoms with Crippen molar-refractivity contribution in [3.05, 3.63) is 82.8 Å². The number of nitrogens with zero attached hydrogens (tertiary/aromatic N) is 1. The molecule has 0 spiro atoms. The zero-order valence-electron chi connectivity index (χ0n) is 18.2. The number of benzene rings is 2. The Morgan fingerprint density at radius 3 is 2.42 bits per heavy atom. The van der Waals surface area contributed by atoms with Crippen LogP contribution in [0.25, 0.3) is 0 Å². The molecular formula is C23H24ClN3O5S. The molecule has 3 rings (SSSR count). The molecule has 0 atom stereocenters. The van der Waals surface area contributed by atoms with Gasteiger partial charge in [-0.3, -0.25) is 9.59 Å². The van der Waals surface area contributed by atoms with Gasteiger partial charge in [0.2, 0.25) is 10.0 Å². The second-order valence-corrected chi connectivity index (χ2v) is 9.36. The summed E-state index contributed by atoms with van der Waals surface area (Å²) >= 11 is 6.13. The predicted octanol–water partition coefficient (Wildman–Crippen LogP) is 4.15. The molecule has 0 unspecified atom stereocenters. The van der Waals surface area contributed by atoms with Crippen LogP contribution >= 0.6 is 11.6 Å². The highest BCUT2D eigenvalue weighted by atomic mass is 35.5. The molecule has 0 fully saturated rings. The van der Waals surface area contributed by atoms with Crippen LogP contribution < -0.4 is 10.6 Å². The van der Waals surface area contributed by atoms with Crippen LogP contribution in [0.4, 0.5) is 5.69 Å². The first kappa shape index (κ1) is 24.5. The van der Waals surface area contributed by atoms with Crippen molar-refractivity contribution in [2.24, 2.45) is 0 Å². The minimum atomic E-state index is -3.82. The second-order valence-electron chi connectivity index (χ2n) is 7.05. The van der Waals surface area contributed by atoms with Gasteiger partial charge >= 0.3 is 0 Å². The summed E-state index contributed by atoms with van der Waals surface area (Å²) in [6.45, 7) is 4.22. The smallest absolute Gasteiger partial charge is 0.291 e. The highest BCUT2D eigenvalue weighted by Gasteiger charge is 2.25. The van der Waals surface area contributed by atoms with Gasteiger partial charge in [-0.15, -0.1) is 0 Å². The van der Waals surface area contributed by atoms with E-state index in [1.54, 1.807) is 50.2 Å². The Hall–Kier alpha value is -3.14. The maximum atomic E-state index is 12.8. The molecule has 33 heavy (non-hydrogen) atoms. The van der Waals surface area contributed by atoms with Crippen molar-refractivity contribution in [2.75, 3.05) is 18.4 Å². The predicted molar refractivity (Wildman–Crippen MR) is 126 cm³/mol. The number of hydrogen-bond acceptors (Lipinski definition) is 5. The fraction of sp³-hybridized carbons (Fsp3) is 0.217. The maximum Gasteiger partial charge on any atom is 0.291 e. The molecule has 2 N–H and O–H groups in total. The lowest BCUT2D eigenvalue weighted by Gasteiger charge is -2.19. The number of sulfonamides is 1. The van der Waals surface area contributed by atoms with Crippen LogP contribution in [0.15, 0.2) is 70.2 Å². The first-order valence-corrected chi connectivity index (χ1v) is 12.1. The van der Waals surface area contributed by atoms with E-state index >= 15 is 0 Å². The molecule has 0 aliphatic rings. The fourth-order valence-corrected chi connectivity index (χ4v) is 5.15. The van der Waals surface area contributed by atoms with E-state index in [1.165, 1.54) is 28.8 Å². The quantitative estimate of drug-likeness (QED) is 0.469. The lowest BCUT2D eigenvalue weighted by Crippen LogP contribution is -2.31. The van der Waals surface area contributed by atoms with Crippen molar-refractivity contribution >= 4 is 39.1 Å². The molecule has 174 valence electrons. The van der Waals surface area contributed by atoms with Gasteiger partial charge in [-0.05, 0) is 48.0 Å². The van der Waals surface area contributed by atoms with E-state index in [2.05, 4.69) is 10.6 Å². The Bertz CT molecular complexity index is 1240. The Labute approximate surface area is 197 Å². The van der Waals surface area contributed by atoms with E-state index in [1.807, 2.05) is 0 Å². The number of nitrogens with one attached hydrogen (secondary N) is 2. The van der Waals surface area contributed by atoms with Crippen molar-refractivity contribution in [1.29, 1.82) is 0 Å². The van der Waals surface area contributed by atoms with Gasteiger partial charge in [-0.25, -0.2) is 8.42 Å². The molecule has 2 amide bonds. The fourth-order valence-electron chi connectivity index (χ4n) is 3.19. The number of rotatable bonds is 9. The summed E-state index contributed by atoms with van der Waals surface area (Å²) in [5.41, 5.74) is 1.46. The molecular weight excluding hydrogens is 466 g/mol. The molecule has 0 bridgehead atoms. The molecule has 1 heterocycles. The normalized spacial score (nSPS) is 11.4. The molecule has 0 aliphatic carbocycles. The van der Waals surface area contributed by atoms with E-state index in [9.17, 15) is 18.0 Å². The van der Waals surface area contributed by atoms with Gasteiger partial charge in [0.1, 0.15) is 4.90 Å². The molecule has 0 saturated heterocycles. The summed E-state index contributed by atoms with van der Waals surface area (Å²) in [4.78, 5) is 24.7. The minimum Gasteiger partial charge on any atom is -0.459 e. The topological polar surface area (TPSA) is 109 Å². The Balaban J connectivity index is 1.71. The van der Waals surface area contributed by atoms with E-state index in [-0.39, 0.29) is 33.7 Å². The van der Waals surface area contributed by atoms with Crippen LogP contribution in [0.2, 0.25) is 5.02 Å². The molecule has 10 heteroatoms. The molecule has 1 aromatic heterocycles. The monoisotopic (exact) mass is 489 g/mol. The summed E-state index contributed by atoms with van der Waals surface area (Å²) in [5, 5.41) is 5.54. The van der Waals surface area contributed by atoms with Crippen molar-refractivity contribution in [3.8, 4) is 0 Å². The zero-order chi connectivity index (χ0) is 24.0. The largest absolute Gasteiger partial charge is 0.459 e. The van der Waals surface area contributed by atoms with Crippen molar-refractivity contribution in [1.82, 2.24) is 9.62 Å². The number of carbonyl (C=O) groups excluding carboxylic acids is 2. The lowest BCUT2D eigenvalue weighted by atomic mass is 10.1. The first-order valence-electron chi connectivity index (χ1n) is 10.3. The number of hydrogen-bond donors (Lipinski definition) is 2. The Morgan fingerprint density at radius 1 is 1.00 bits per heavy atom. The summed E-state index contributed by atoms with van der Waals surface area (Å²) < 4.78 is 32.0. The summed E-state index contributed by atoms with van der Waals surface area (Å²) in [7, 11) is -3.82. The van der Waals surface area contributed by atoms with Gasteiger partial charge in [0.25, 0.3) is 11.8 Å². The van der Waals surface area contributed by atoms with Crippen molar-refractivity contribution in [3.63, 3.8) is 0 Å². The lowest BCUT2D eigenvalue weighted by molar-refractivity contribution is 0.0949. The summed E-state index contributed by atoms with van der Waals surface area (Å²) in [5.74, 6) is -0.649. The van der Waals surface area contributed by atoms with Gasteiger partial charge in [0, 0.05) is 30.9 Å². The van der Waals surface area contributed by atoms with E-state index in [0.29, 0.717) is 18.8 Å². The van der Waals surface area contributed by atoms with Crippen LogP contribution in [0.5, 0.6) is 0 Å². The average molecular weight is 490 g/mol. The zero-order valence-corrected chi connectivity index (χ0v) is 19.7. The standard InChI is InChI=1S/C23H24ClN3O5S/c1-3-27(4-2)33(30,31)21-14-17(10-11-19(21)24)22(28)25-15-16-7-5-8-18(13-16)26-23(29)20-9-6-12-32-20/h5-14H,3-4,15H2,1-2H3,(H,25,28)(H,26,29). The third-order valence-corrected chi connectivity index (χ3v) is 7.43. The van der Waals surface area contributed by atoms with Crippen LogP contribution in [0.3, 0.4) is 0 Å². The van der Waals surface area contributed by atoms with Crippen molar-refractivity contribution < 1.29 is 22.4 Å². The third-order valence-electron chi connectivity index (χ3n) is 4.90. The van der Waals surface area contributed by atoms with Crippen molar-refractivity contribution in [2.45, 2.75) is 25.3 Å². The Kier molecular flexibility index (Phi) is 7.91. The van der Waals surface area contributed by atoms with E-state index in [0.717, 1.165) is 5.56 Å². The number of halogens is 1. The van der Waals surface area contributed by atoms with Gasteiger partial charge in [-0.1, -0.05) is 37.6 Å². The number of amides is 2. The average Bonchev–Trinajstić information content (AvgIpc) is 3.34. The molecule has 2 aromatic carbocycles. The van der Waals surface area contributed by atoms with Crippen LogP contribution in [-0.2, 0) is 16.6 Å². The highest BCUT2D eigenvalue weighted by molar-refractivity contribution is 7.89. The highest BCUT2D eigenvalue weighted by Crippen LogP contribution is 2.26. The van der Waals surface area contributed by atoms with E-state index in [4.69, 9.17) is 16.0 Å². The molecule has 0 radical (unpaired) electrons. The van der Waals surface area contributed by atoms with E-state index < -0.39 is 15.9 Å². The number of anilines is 1. The van der Waals surface area contributed by atoms with Crippen LogP contribution in [0.1, 0.15) is 40.3 Å².